The molecule has 0 spiro atoms. The summed E-state index contributed by atoms with van der Waals surface area (Å²) >= 11 is 18.0. The molecule has 1 fully saturated rings. The molecule has 10 heteroatoms. The monoisotopic (exact) mass is 630 g/mol. The fraction of sp³-hybridized carbons (Fsp3) is 0.219. The summed E-state index contributed by atoms with van der Waals surface area (Å²) in [6, 6.07) is 29.1. The minimum absolute atomic E-state index is 0.0256. The summed E-state index contributed by atoms with van der Waals surface area (Å²) in [6.07, 6.45) is -5.41. The maximum absolute atomic E-state index is 14.4. The summed E-state index contributed by atoms with van der Waals surface area (Å²) in [6.45, 7) is 0.778. The zero-order valence-corrected chi connectivity index (χ0v) is 24.2. The van der Waals surface area contributed by atoms with Gasteiger partial charge in [0.05, 0.1) is 26.8 Å². The molecule has 0 amide bonds. The molecule has 42 heavy (non-hydrogen) atoms. The molecule has 1 atom stereocenters. The Balaban J connectivity index is 1.21. The first-order valence-electron chi connectivity index (χ1n) is 13.1. The maximum Gasteiger partial charge on any atom is 0.435 e. The van der Waals surface area contributed by atoms with Gasteiger partial charge in [-0.3, -0.25) is 4.90 Å². The highest BCUT2D eigenvalue weighted by Gasteiger charge is 2.62. The first-order chi connectivity index (χ1) is 20.0. The molecule has 4 aromatic carbocycles. The maximum atomic E-state index is 14.4. The van der Waals surface area contributed by atoms with Gasteiger partial charge in [-0.2, -0.15) is 13.2 Å². The Morgan fingerprint density at radius 3 is 1.81 bits per heavy atom. The van der Waals surface area contributed by atoms with Crippen molar-refractivity contribution in [1.29, 1.82) is 0 Å². The van der Waals surface area contributed by atoms with E-state index >= 15 is 0 Å². The average Bonchev–Trinajstić information content (AvgIpc) is 3.43. The Bertz CT molecular complexity index is 1560. The molecule has 0 radical (unpaired) electrons. The van der Waals surface area contributed by atoms with E-state index < -0.39 is 23.8 Å². The number of hydrogen-bond donors (Lipinski definition) is 1. The van der Waals surface area contributed by atoms with E-state index in [2.05, 4.69) is 34.3 Å². The molecule has 4 aromatic rings. The first kappa shape index (κ1) is 29.0. The van der Waals surface area contributed by atoms with Gasteiger partial charge in [0.15, 0.2) is 0 Å². The van der Waals surface area contributed by atoms with Crippen molar-refractivity contribution in [3.05, 3.63) is 140 Å². The van der Waals surface area contributed by atoms with Crippen LogP contribution in [0.2, 0.25) is 15.1 Å². The van der Waals surface area contributed by atoms with Crippen LogP contribution in [-0.2, 0) is 16.0 Å². The van der Waals surface area contributed by atoms with Crippen molar-refractivity contribution in [3.63, 3.8) is 0 Å². The molecule has 6 rings (SSSR count). The summed E-state index contributed by atoms with van der Waals surface area (Å²) in [5.74, 6) is 0. The van der Waals surface area contributed by atoms with Gasteiger partial charge in [-0.05, 0) is 34.4 Å². The van der Waals surface area contributed by atoms with Crippen molar-refractivity contribution in [2.24, 2.45) is 5.16 Å². The number of benzene rings is 4. The molecule has 0 bridgehead atoms. The summed E-state index contributed by atoms with van der Waals surface area (Å²) in [4.78, 5) is 7.31. The number of likely N-dealkylation sites (tertiary alicyclic amines) is 1. The summed E-state index contributed by atoms with van der Waals surface area (Å²) < 4.78 is 43.3. The van der Waals surface area contributed by atoms with E-state index in [1.54, 1.807) is 24.3 Å². The molecule has 1 N–H and O–H groups in total. The number of nitrogens with zero attached hydrogens (tertiary/aromatic N) is 2. The van der Waals surface area contributed by atoms with E-state index in [1.165, 1.54) is 0 Å². The summed E-state index contributed by atoms with van der Waals surface area (Å²) in [5, 5.41) is 15.0. The van der Waals surface area contributed by atoms with Crippen LogP contribution in [0.25, 0.3) is 0 Å². The van der Waals surface area contributed by atoms with Crippen LogP contribution in [0.3, 0.4) is 0 Å². The van der Waals surface area contributed by atoms with Crippen LogP contribution in [-0.4, -0.2) is 35.0 Å². The van der Waals surface area contributed by atoms with Crippen molar-refractivity contribution in [2.75, 3.05) is 13.1 Å². The van der Waals surface area contributed by atoms with Gasteiger partial charge >= 0.3 is 6.18 Å². The predicted octanol–water partition coefficient (Wildman–Crippen LogP) is 8.52. The fourth-order valence-electron chi connectivity index (χ4n) is 5.70. The number of rotatable bonds is 6. The van der Waals surface area contributed by atoms with Gasteiger partial charge in [0.25, 0.3) is 5.60 Å². The van der Waals surface area contributed by atoms with Gasteiger partial charge in [-0.1, -0.05) is 125 Å². The highest BCUT2D eigenvalue weighted by molar-refractivity contribution is 6.48. The van der Waals surface area contributed by atoms with Crippen LogP contribution < -0.4 is 0 Å². The van der Waals surface area contributed by atoms with Crippen molar-refractivity contribution < 1.29 is 23.1 Å². The lowest BCUT2D eigenvalue weighted by atomic mass is 9.81. The number of alkyl halides is 3. The summed E-state index contributed by atoms with van der Waals surface area (Å²) in [5.41, 5.74) is -0.705. The van der Waals surface area contributed by atoms with E-state index in [4.69, 9.17) is 39.6 Å². The Labute approximate surface area is 255 Å². The van der Waals surface area contributed by atoms with E-state index in [1.807, 2.05) is 36.4 Å². The molecule has 2 aliphatic heterocycles. The molecule has 0 saturated carbocycles. The fourth-order valence-corrected chi connectivity index (χ4v) is 6.29. The first-order valence-corrected chi connectivity index (χ1v) is 14.3. The van der Waals surface area contributed by atoms with Crippen LogP contribution >= 0.6 is 34.8 Å². The number of oxime groups is 1. The number of halogens is 6. The predicted molar refractivity (Wildman–Crippen MR) is 158 cm³/mol. The van der Waals surface area contributed by atoms with Gasteiger partial charge in [0.2, 0.25) is 0 Å². The highest BCUT2D eigenvalue weighted by atomic mass is 35.5. The molecule has 4 nitrogen and oxygen atoms in total. The summed E-state index contributed by atoms with van der Waals surface area (Å²) in [7, 11) is 0. The van der Waals surface area contributed by atoms with Crippen LogP contribution in [0.15, 0.2) is 102 Å². The zero-order chi connectivity index (χ0) is 29.7. The second kappa shape index (κ2) is 10.9. The van der Waals surface area contributed by atoms with Gasteiger partial charge in [0.1, 0.15) is 5.60 Å². The van der Waals surface area contributed by atoms with Crippen molar-refractivity contribution >= 4 is 40.5 Å². The number of β-amino-alcohol motifs (C(OH)–C–C–N with tert-alkyl or cyclic N) is 1. The Morgan fingerprint density at radius 2 is 1.31 bits per heavy atom. The molecule has 1 saturated heterocycles. The lowest BCUT2D eigenvalue weighted by molar-refractivity contribution is -0.275. The lowest BCUT2D eigenvalue weighted by Gasteiger charge is -2.50. The normalized spacial score (nSPS) is 20.2. The van der Waals surface area contributed by atoms with Gasteiger partial charge in [-0.15, -0.1) is 0 Å². The molecule has 2 heterocycles. The molecule has 0 aliphatic carbocycles. The van der Waals surface area contributed by atoms with Gasteiger partial charge in [-0.25, -0.2) is 0 Å². The highest BCUT2D eigenvalue weighted by Crippen LogP contribution is 2.51. The Hall–Kier alpha value is -3.07. The quantitative estimate of drug-likeness (QED) is 0.217. The van der Waals surface area contributed by atoms with Crippen LogP contribution in [0, 0.1) is 0 Å². The second-order valence-electron chi connectivity index (χ2n) is 10.6. The molecule has 216 valence electrons. The zero-order valence-electron chi connectivity index (χ0n) is 22.0. The van der Waals surface area contributed by atoms with E-state index in [0.717, 1.165) is 23.3 Å². The molecule has 0 unspecified atom stereocenters. The third-order valence-electron chi connectivity index (χ3n) is 7.92. The van der Waals surface area contributed by atoms with Gasteiger partial charge in [0, 0.05) is 25.1 Å². The van der Waals surface area contributed by atoms with Crippen molar-refractivity contribution in [2.45, 2.75) is 29.8 Å². The Kier molecular flexibility index (Phi) is 7.52. The van der Waals surface area contributed by atoms with E-state index in [-0.39, 0.29) is 32.4 Å². The standard InChI is InChI=1S/C32H24Cl3F3N2O2/c33-25-15-24(16-26(34)28(25)35)31(32(36,37)38)17-27(39-42-31)20-11-13-23(14-12-20)30(41)18-40(19-30)29(21-7-3-1-4-8-21)22-9-5-2-6-10-22/h1-16,29,41H,17-19H2/t31-/m0/s1. The molecule has 2 aliphatic rings. The molecular weight excluding hydrogens is 608 g/mol. The third-order valence-corrected chi connectivity index (χ3v) is 9.11. The largest absolute Gasteiger partial charge is 0.435 e. The molecule has 0 aromatic heterocycles. The van der Waals surface area contributed by atoms with Gasteiger partial charge < -0.3 is 9.94 Å². The smallest absolute Gasteiger partial charge is 0.382 e. The second-order valence-corrected chi connectivity index (χ2v) is 11.8. The third kappa shape index (κ3) is 5.07. The average molecular weight is 632 g/mol. The van der Waals surface area contributed by atoms with E-state index in [9.17, 15) is 18.3 Å². The Morgan fingerprint density at radius 1 is 0.786 bits per heavy atom. The number of hydrogen-bond acceptors (Lipinski definition) is 4. The number of aliphatic hydroxyl groups is 1. The van der Waals surface area contributed by atoms with Crippen LogP contribution in [0.5, 0.6) is 0 Å². The minimum Gasteiger partial charge on any atom is -0.382 e. The SMILES string of the molecule is OC1(c2ccc(C3=NO[C@@](c4cc(Cl)c(Cl)c(Cl)c4)(C(F)(F)F)C3)cc2)CN(C(c2ccccc2)c2ccccc2)C1. The van der Waals surface area contributed by atoms with E-state index in [0.29, 0.717) is 24.2 Å². The topological polar surface area (TPSA) is 45.1 Å². The van der Waals surface area contributed by atoms with Crippen molar-refractivity contribution in [3.8, 4) is 0 Å². The van der Waals surface area contributed by atoms with Crippen LogP contribution in [0.4, 0.5) is 13.2 Å². The van der Waals surface area contributed by atoms with Crippen molar-refractivity contribution in [1.82, 2.24) is 4.90 Å². The molecular formula is C32H24Cl3F3N2O2. The minimum atomic E-state index is -4.82. The lowest BCUT2D eigenvalue weighted by Crippen LogP contribution is -2.60. The van der Waals surface area contributed by atoms with Crippen LogP contribution in [0.1, 0.15) is 40.3 Å².